The van der Waals surface area contributed by atoms with Crippen molar-refractivity contribution in [3.8, 4) is 0 Å². The average molecular weight is 282 g/mol. The Labute approximate surface area is 109 Å². The monoisotopic (exact) mass is 281 g/mol. The molecule has 0 aliphatic rings. The van der Waals surface area contributed by atoms with Crippen molar-refractivity contribution < 1.29 is 13.2 Å². The van der Waals surface area contributed by atoms with Crippen molar-refractivity contribution >= 4 is 17.4 Å². The van der Waals surface area contributed by atoms with Crippen LogP contribution in [-0.4, -0.2) is 23.7 Å². The van der Waals surface area contributed by atoms with Gasteiger partial charge >= 0.3 is 6.18 Å². The van der Waals surface area contributed by atoms with E-state index >= 15 is 0 Å². The summed E-state index contributed by atoms with van der Waals surface area (Å²) in [4.78, 5) is 5.23. The summed E-state index contributed by atoms with van der Waals surface area (Å²) in [5, 5.41) is 0.358. The molecule has 1 aromatic rings. The minimum Gasteiger partial charge on any atom is -0.345 e. The Bertz CT molecular complexity index is 407. The molecule has 7 heteroatoms. The van der Waals surface area contributed by atoms with Crippen LogP contribution in [-0.2, 0) is 6.54 Å². The summed E-state index contributed by atoms with van der Waals surface area (Å²) in [7, 11) is 0. The van der Waals surface area contributed by atoms with Crippen LogP contribution in [0, 0.1) is 0 Å². The van der Waals surface area contributed by atoms with E-state index in [4.69, 9.17) is 17.3 Å². The third-order valence-corrected chi connectivity index (χ3v) is 2.71. The molecule has 3 nitrogen and oxygen atoms in total. The highest BCUT2D eigenvalue weighted by Gasteiger charge is 2.32. The number of alkyl halides is 3. The van der Waals surface area contributed by atoms with Crippen LogP contribution in [0.3, 0.4) is 0 Å². The first-order valence-electron chi connectivity index (χ1n) is 5.43. The lowest BCUT2D eigenvalue weighted by Crippen LogP contribution is -2.39. The van der Waals surface area contributed by atoms with Crippen molar-refractivity contribution in [3.05, 3.63) is 22.8 Å². The molecule has 0 atom stereocenters. The standard InChI is InChI=1S/C11H15ClF3N3/c1-7(2)18(6-11(13,14)15)10-4-3-8(12)9(5-16)17-10/h3-4,7H,5-6,16H2,1-2H3. The van der Waals surface area contributed by atoms with Gasteiger partial charge in [-0.05, 0) is 26.0 Å². The van der Waals surface area contributed by atoms with Crippen molar-refractivity contribution in [2.75, 3.05) is 11.4 Å². The fourth-order valence-electron chi connectivity index (χ4n) is 1.50. The molecule has 0 radical (unpaired) electrons. The Morgan fingerprint density at radius 3 is 2.44 bits per heavy atom. The highest BCUT2D eigenvalue weighted by atomic mass is 35.5. The fourth-order valence-corrected chi connectivity index (χ4v) is 1.68. The molecule has 0 spiro atoms. The Hall–Kier alpha value is -1.01. The number of hydrogen-bond acceptors (Lipinski definition) is 3. The van der Waals surface area contributed by atoms with E-state index in [1.54, 1.807) is 13.8 Å². The zero-order valence-electron chi connectivity index (χ0n) is 10.1. The van der Waals surface area contributed by atoms with Crippen LogP contribution in [0.2, 0.25) is 5.02 Å². The number of anilines is 1. The Kier molecular flexibility index (Phi) is 4.81. The van der Waals surface area contributed by atoms with Gasteiger partial charge in [-0.2, -0.15) is 13.2 Å². The predicted molar refractivity (Wildman–Crippen MR) is 65.7 cm³/mol. The van der Waals surface area contributed by atoms with Crippen LogP contribution in [0.5, 0.6) is 0 Å². The molecular weight excluding hydrogens is 267 g/mol. The molecule has 0 amide bonds. The van der Waals surface area contributed by atoms with Gasteiger partial charge in [0.1, 0.15) is 12.4 Å². The van der Waals surface area contributed by atoms with Crippen LogP contribution < -0.4 is 10.6 Å². The first-order valence-corrected chi connectivity index (χ1v) is 5.81. The molecule has 1 aromatic heterocycles. The lowest BCUT2D eigenvalue weighted by Gasteiger charge is -2.29. The Morgan fingerprint density at radius 2 is 2.00 bits per heavy atom. The summed E-state index contributed by atoms with van der Waals surface area (Å²) in [5.74, 6) is 0.229. The second kappa shape index (κ2) is 5.75. The molecule has 102 valence electrons. The molecule has 0 aliphatic heterocycles. The van der Waals surface area contributed by atoms with Gasteiger partial charge in [0.05, 0.1) is 10.7 Å². The van der Waals surface area contributed by atoms with Gasteiger partial charge in [-0.15, -0.1) is 0 Å². The molecule has 0 saturated carbocycles. The van der Waals surface area contributed by atoms with Crippen molar-refractivity contribution in [2.24, 2.45) is 5.73 Å². The number of aromatic nitrogens is 1. The largest absolute Gasteiger partial charge is 0.405 e. The molecule has 18 heavy (non-hydrogen) atoms. The van der Waals surface area contributed by atoms with Crippen LogP contribution in [0.25, 0.3) is 0 Å². The molecule has 0 bridgehead atoms. The molecular formula is C11H15ClF3N3. The van der Waals surface area contributed by atoms with Crippen molar-refractivity contribution in [1.82, 2.24) is 4.98 Å². The molecule has 1 heterocycles. The van der Waals surface area contributed by atoms with E-state index in [0.717, 1.165) is 4.90 Å². The highest BCUT2D eigenvalue weighted by molar-refractivity contribution is 6.31. The van der Waals surface area contributed by atoms with Crippen LogP contribution >= 0.6 is 11.6 Å². The summed E-state index contributed by atoms with van der Waals surface area (Å²) in [6.45, 7) is 2.38. The third kappa shape index (κ3) is 4.03. The van der Waals surface area contributed by atoms with Gasteiger partial charge in [-0.1, -0.05) is 11.6 Å². The fraction of sp³-hybridized carbons (Fsp3) is 0.545. The maximum Gasteiger partial charge on any atom is 0.405 e. The molecule has 0 aliphatic carbocycles. The summed E-state index contributed by atoms with van der Waals surface area (Å²) in [6, 6.07) is 2.65. The summed E-state index contributed by atoms with van der Waals surface area (Å²) in [6.07, 6.45) is -4.28. The first kappa shape index (κ1) is 15.0. The maximum absolute atomic E-state index is 12.5. The SMILES string of the molecule is CC(C)N(CC(F)(F)F)c1ccc(Cl)c(CN)n1. The summed E-state index contributed by atoms with van der Waals surface area (Å²) in [5.41, 5.74) is 5.83. The normalized spacial score (nSPS) is 12.0. The van der Waals surface area contributed by atoms with E-state index in [-0.39, 0.29) is 18.4 Å². The lowest BCUT2D eigenvalue weighted by molar-refractivity contribution is -0.120. The van der Waals surface area contributed by atoms with Gasteiger partial charge in [0.15, 0.2) is 0 Å². The Balaban J connectivity index is 3.06. The number of nitrogens with two attached hydrogens (primary N) is 1. The average Bonchev–Trinajstić information content (AvgIpc) is 2.25. The maximum atomic E-state index is 12.5. The topological polar surface area (TPSA) is 42.1 Å². The van der Waals surface area contributed by atoms with Gasteiger partial charge in [0.2, 0.25) is 0 Å². The minimum atomic E-state index is -4.28. The predicted octanol–water partition coefficient (Wildman–Crippen LogP) is 2.97. The molecule has 2 N–H and O–H groups in total. The molecule has 1 rings (SSSR count). The third-order valence-electron chi connectivity index (χ3n) is 2.36. The van der Waals surface area contributed by atoms with Crippen LogP contribution in [0.15, 0.2) is 12.1 Å². The molecule has 0 saturated heterocycles. The van der Waals surface area contributed by atoms with Gasteiger partial charge < -0.3 is 10.6 Å². The summed E-state index contributed by atoms with van der Waals surface area (Å²) >= 11 is 5.83. The van der Waals surface area contributed by atoms with Crippen molar-refractivity contribution in [3.63, 3.8) is 0 Å². The van der Waals surface area contributed by atoms with E-state index < -0.39 is 12.7 Å². The van der Waals surface area contributed by atoms with E-state index in [2.05, 4.69) is 4.98 Å². The Morgan fingerprint density at radius 1 is 1.39 bits per heavy atom. The van der Waals surface area contributed by atoms with E-state index in [0.29, 0.717) is 10.7 Å². The van der Waals surface area contributed by atoms with E-state index in [1.165, 1.54) is 12.1 Å². The number of hydrogen-bond donors (Lipinski definition) is 1. The zero-order valence-corrected chi connectivity index (χ0v) is 10.9. The minimum absolute atomic E-state index is 0.0879. The van der Waals surface area contributed by atoms with Gasteiger partial charge in [-0.3, -0.25) is 0 Å². The summed E-state index contributed by atoms with van der Waals surface area (Å²) < 4.78 is 37.5. The molecule has 0 fully saturated rings. The smallest absolute Gasteiger partial charge is 0.345 e. The second-order valence-electron chi connectivity index (χ2n) is 4.14. The number of pyridine rings is 1. The second-order valence-corrected chi connectivity index (χ2v) is 4.55. The lowest BCUT2D eigenvalue weighted by atomic mass is 10.2. The van der Waals surface area contributed by atoms with Crippen molar-refractivity contribution in [2.45, 2.75) is 32.6 Å². The van der Waals surface area contributed by atoms with Gasteiger partial charge in [0.25, 0.3) is 0 Å². The van der Waals surface area contributed by atoms with Gasteiger partial charge in [0, 0.05) is 12.6 Å². The van der Waals surface area contributed by atoms with Crippen LogP contribution in [0.4, 0.5) is 19.0 Å². The molecule has 0 aromatic carbocycles. The van der Waals surface area contributed by atoms with Crippen molar-refractivity contribution in [1.29, 1.82) is 0 Å². The number of nitrogens with zero attached hydrogens (tertiary/aromatic N) is 2. The van der Waals surface area contributed by atoms with E-state index in [1.807, 2.05) is 0 Å². The first-order chi connectivity index (χ1) is 8.24. The highest BCUT2D eigenvalue weighted by Crippen LogP contribution is 2.25. The number of halogens is 4. The van der Waals surface area contributed by atoms with Crippen LogP contribution in [0.1, 0.15) is 19.5 Å². The quantitative estimate of drug-likeness (QED) is 0.922. The number of rotatable bonds is 4. The van der Waals surface area contributed by atoms with Gasteiger partial charge in [-0.25, -0.2) is 4.98 Å². The zero-order chi connectivity index (χ0) is 13.9. The van der Waals surface area contributed by atoms with E-state index in [9.17, 15) is 13.2 Å². The molecule has 0 unspecified atom stereocenters.